The van der Waals surface area contributed by atoms with Gasteiger partial charge in [-0.2, -0.15) is 0 Å². The van der Waals surface area contributed by atoms with Crippen LogP contribution in [0.3, 0.4) is 0 Å². The number of carboxylic acid groups (broad SMARTS) is 1. The highest BCUT2D eigenvalue weighted by molar-refractivity contribution is 5.94. The lowest BCUT2D eigenvalue weighted by atomic mass is 10.00. The molecule has 1 amide bonds. The maximum atomic E-state index is 12.6. The number of benzene rings is 1. The van der Waals surface area contributed by atoms with Gasteiger partial charge in [0, 0.05) is 37.0 Å². The van der Waals surface area contributed by atoms with E-state index in [0.29, 0.717) is 23.6 Å². The number of amides is 1. The Bertz CT molecular complexity index is 715. The van der Waals surface area contributed by atoms with Crippen LogP contribution in [0.15, 0.2) is 48.8 Å². The highest BCUT2D eigenvalue weighted by Gasteiger charge is 2.28. The molecule has 1 aromatic carbocycles. The van der Waals surface area contributed by atoms with E-state index in [4.69, 9.17) is 5.11 Å². The van der Waals surface area contributed by atoms with Crippen molar-refractivity contribution in [2.75, 3.05) is 13.1 Å². The summed E-state index contributed by atoms with van der Waals surface area (Å²) in [6, 6.07) is 10.9. The lowest BCUT2D eigenvalue weighted by Crippen LogP contribution is -2.28. The topological polar surface area (TPSA) is 70.5 Å². The molecule has 0 bridgehead atoms. The van der Waals surface area contributed by atoms with Gasteiger partial charge in [-0.1, -0.05) is 12.1 Å². The van der Waals surface area contributed by atoms with Crippen molar-refractivity contribution >= 4 is 11.9 Å². The number of aliphatic carboxylic acids is 1. The molecule has 118 valence electrons. The van der Waals surface area contributed by atoms with Crippen molar-refractivity contribution < 1.29 is 14.7 Å². The molecule has 1 N–H and O–H groups in total. The molecule has 1 fully saturated rings. The van der Waals surface area contributed by atoms with E-state index in [0.717, 1.165) is 13.0 Å². The van der Waals surface area contributed by atoms with Crippen molar-refractivity contribution in [3.8, 4) is 0 Å². The fraction of sp³-hybridized carbons (Fsp3) is 0.278. The number of aromatic nitrogens is 1. The quantitative estimate of drug-likeness (QED) is 0.941. The molecule has 0 spiro atoms. The minimum atomic E-state index is -0.895. The summed E-state index contributed by atoms with van der Waals surface area (Å²) in [6.07, 6.45) is 4.41. The Morgan fingerprint density at radius 2 is 2.00 bits per heavy atom. The van der Waals surface area contributed by atoms with Gasteiger partial charge in [0.25, 0.3) is 5.91 Å². The van der Waals surface area contributed by atoms with Crippen LogP contribution in [0.1, 0.15) is 33.8 Å². The van der Waals surface area contributed by atoms with Crippen molar-refractivity contribution in [2.24, 2.45) is 0 Å². The van der Waals surface area contributed by atoms with Gasteiger partial charge in [-0.25, -0.2) is 0 Å². The SMILES string of the molecule is O=C(O)Cc1cccc(C(=O)N2CCC(c3ccncc3)C2)c1. The van der Waals surface area contributed by atoms with E-state index in [1.165, 1.54) is 5.56 Å². The molecule has 2 heterocycles. The highest BCUT2D eigenvalue weighted by Crippen LogP contribution is 2.27. The van der Waals surface area contributed by atoms with Crippen molar-refractivity contribution in [2.45, 2.75) is 18.8 Å². The molecule has 1 saturated heterocycles. The Morgan fingerprint density at radius 1 is 1.22 bits per heavy atom. The van der Waals surface area contributed by atoms with Crippen LogP contribution in [0.25, 0.3) is 0 Å². The molecule has 1 aromatic heterocycles. The highest BCUT2D eigenvalue weighted by atomic mass is 16.4. The number of carboxylic acids is 1. The molecule has 23 heavy (non-hydrogen) atoms. The second-order valence-corrected chi connectivity index (χ2v) is 5.79. The van der Waals surface area contributed by atoms with Crippen LogP contribution < -0.4 is 0 Å². The summed E-state index contributed by atoms with van der Waals surface area (Å²) in [5.41, 5.74) is 2.40. The number of likely N-dealkylation sites (tertiary alicyclic amines) is 1. The van der Waals surface area contributed by atoms with Crippen molar-refractivity contribution in [3.63, 3.8) is 0 Å². The Hall–Kier alpha value is -2.69. The molecule has 1 aliphatic heterocycles. The molecule has 2 aromatic rings. The van der Waals surface area contributed by atoms with Gasteiger partial charge in [0.2, 0.25) is 0 Å². The van der Waals surface area contributed by atoms with E-state index < -0.39 is 5.97 Å². The van der Waals surface area contributed by atoms with E-state index in [2.05, 4.69) is 4.98 Å². The first-order chi connectivity index (χ1) is 11.1. The van der Waals surface area contributed by atoms with E-state index in [1.54, 1.807) is 36.7 Å². The van der Waals surface area contributed by atoms with Crippen LogP contribution in [-0.2, 0) is 11.2 Å². The van der Waals surface area contributed by atoms with Gasteiger partial charge in [0.15, 0.2) is 0 Å². The predicted molar refractivity (Wildman–Crippen MR) is 85.3 cm³/mol. The monoisotopic (exact) mass is 310 g/mol. The molecule has 0 saturated carbocycles. The van der Waals surface area contributed by atoms with Gasteiger partial charge >= 0.3 is 5.97 Å². The maximum Gasteiger partial charge on any atom is 0.307 e. The molecule has 1 unspecified atom stereocenters. The first-order valence-corrected chi connectivity index (χ1v) is 7.63. The van der Waals surface area contributed by atoms with Crippen LogP contribution in [-0.4, -0.2) is 40.0 Å². The van der Waals surface area contributed by atoms with Gasteiger partial charge in [0.1, 0.15) is 0 Å². The van der Waals surface area contributed by atoms with Crippen LogP contribution in [0.4, 0.5) is 0 Å². The fourth-order valence-corrected chi connectivity index (χ4v) is 3.02. The smallest absolute Gasteiger partial charge is 0.307 e. The number of pyridine rings is 1. The second kappa shape index (κ2) is 6.60. The zero-order chi connectivity index (χ0) is 16.2. The minimum absolute atomic E-state index is 0.0335. The Morgan fingerprint density at radius 3 is 2.74 bits per heavy atom. The fourth-order valence-electron chi connectivity index (χ4n) is 3.02. The molecule has 5 heteroatoms. The average molecular weight is 310 g/mol. The average Bonchev–Trinajstić information content (AvgIpc) is 3.04. The van der Waals surface area contributed by atoms with Crippen LogP contribution in [0.5, 0.6) is 0 Å². The number of rotatable bonds is 4. The third-order valence-electron chi connectivity index (χ3n) is 4.18. The first-order valence-electron chi connectivity index (χ1n) is 7.63. The Labute approximate surface area is 134 Å². The van der Waals surface area contributed by atoms with E-state index in [-0.39, 0.29) is 12.3 Å². The van der Waals surface area contributed by atoms with Gasteiger partial charge in [-0.3, -0.25) is 14.6 Å². The lowest BCUT2D eigenvalue weighted by molar-refractivity contribution is -0.136. The molecule has 0 radical (unpaired) electrons. The summed E-state index contributed by atoms with van der Waals surface area (Å²) in [5.74, 6) is -0.591. The minimum Gasteiger partial charge on any atom is -0.481 e. The molecular formula is C18H18N2O3. The third-order valence-corrected chi connectivity index (χ3v) is 4.18. The Kier molecular flexibility index (Phi) is 4.37. The molecule has 1 atom stereocenters. The van der Waals surface area contributed by atoms with Crippen molar-refractivity contribution in [3.05, 3.63) is 65.5 Å². The zero-order valence-electron chi connectivity index (χ0n) is 12.7. The second-order valence-electron chi connectivity index (χ2n) is 5.79. The number of hydrogen-bond acceptors (Lipinski definition) is 3. The summed E-state index contributed by atoms with van der Waals surface area (Å²) in [5, 5.41) is 8.87. The van der Waals surface area contributed by atoms with E-state index >= 15 is 0 Å². The standard InChI is InChI=1S/C18H18N2O3/c21-17(22)11-13-2-1-3-15(10-13)18(23)20-9-6-16(12-20)14-4-7-19-8-5-14/h1-5,7-8,10,16H,6,9,11-12H2,(H,21,22). The first kappa shape index (κ1) is 15.2. The normalized spacial score (nSPS) is 17.2. The predicted octanol–water partition coefficient (Wildman–Crippen LogP) is 2.34. The van der Waals surface area contributed by atoms with Crippen molar-refractivity contribution in [1.82, 2.24) is 9.88 Å². The van der Waals surface area contributed by atoms with Crippen LogP contribution in [0.2, 0.25) is 0 Å². The number of nitrogens with zero attached hydrogens (tertiary/aromatic N) is 2. The number of carbonyl (C=O) groups is 2. The number of carbonyl (C=O) groups excluding carboxylic acids is 1. The van der Waals surface area contributed by atoms with Crippen LogP contribution >= 0.6 is 0 Å². The third kappa shape index (κ3) is 3.56. The largest absolute Gasteiger partial charge is 0.481 e. The summed E-state index contributed by atoms with van der Waals surface area (Å²) in [6.45, 7) is 1.40. The molecule has 5 nitrogen and oxygen atoms in total. The van der Waals surface area contributed by atoms with Gasteiger partial charge in [-0.05, 0) is 41.8 Å². The van der Waals surface area contributed by atoms with Crippen LogP contribution in [0, 0.1) is 0 Å². The molecule has 1 aliphatic rings. The maximum absolute atomic E-state index is 12.6. The zero-order valence-corrected chi connectivity index (χ0v) is 12.7. The lowest BCUT2D eigenvalue weighted by Gasteiger charge is -2.17. The molecular weight excluding hydrogens is 292 g/mol. The Balaban J connectivity index is 1.71. The van der Waals surface area contributed by atoms with E-state index in [9.17, 15) is 9.59 Å². The number of hydrogen-bond donors (Lipinski definition) is 1. The van der Waals surface area contributed by atoms with Gasteiger partial charge < -0.3 is 10.0 Å². The summed E-state index contributed by atoms with van der Waals surface area (Å²) in [7, 11) is 0. The molecule has 0 aliphatic carbocycles. The van der Waals surface area contributed by atoms with Crippen molar-refractivity contribution in [1.29, 1.82) is 0 Å². The molecule has 3 rings (SSSR count). The summed E-state index contributed by atoms with van der Waals surface area (Å²) >= 11 is 0. The summed E-state index contributed by atoms with van der Waals surface area (Å²) in [4.78, 5) is 29.3. The van der Waals surface area contributed by atoms with E-state index in [1.807, 2.05) is 17.0 Å². The summed E-state index contributed by atoms with van der Waals surface area (Å²) < 4.78 is 0. The van der Waals surface area contributed by atoms with Gasteiger partial charge in [0.05, 0.1) is 6.42 Å². The van der Waals surface area contributed by atoms with Gasteiger partial charge in [-0.15, -0.1) is 0 Å².